The molecule has 3 aliphatic rings. The van der Waals surface area contributed by atoms with Crippen LogP contribution in [0.15, 0.2) is 12.1 Å². The number of halogens is 1. The minimum absolute atomic E-state index is 0.0802. The van der Waals surface area contributed by atoms with Crippen LogP contribution < -0.4 is 0 Å². The smallest absolute Gasteiger partial charge is 0.139 e. The molecule has 0 aromatic heterocycles. The van der Waals surface area contributed by atoms with Crippen molar-refractivity contribution in [2.45, 2.75) is 51.4 Å². The lowest BCUT2D eigenvalue weighted by atomic mass is 9.55. The van der Waals surface area contributed by atoms with Crippen molar-refractivity contribution in [3.05, 3.63) is 33.8 Å². The molecule has 3 aliphatic carbocycles. The standard InChI is InChI=1S/C19H20ClNO/c1-19-9-8-13-11-4-6-17(20)15(10-21)12(11)2-3-14(13)16(19)5-7-18(19)22/h4,6,13-14,16H,2-3,5,7-9H2,1H3/t13?,14?,16?,19-/m0/s1. The summed E-state index contributed by atoms with van der Waals surface area (Å²) in [7, 11) is 0. The number of nitriles is 1. The molecule has 4 rings (SSSR count). The molecule has 0 heterocycles. The Kier molecular flexibility index (Phi) is 3.13. The first-order chi connectivity index (χ1) is 10.6. The lowest BCUT2D eigenvalue weighted by Gasteiger charge is -2.48. The van der Waals surface area contributed by atoms with Crippen molar-refractivity contribution in [3.63, 3.8) is 0 Å². The highest BCUT2D eigenvalue weighted by Crippen LogP contribution is 2.59. The summed E-state index contributed by atoms with van der Waals surface area (Å²) in [5, 5.41) is 10.00. The average molecular weight is 314 g/mol. The SMILES string of the molecule is C[C@]12CCC3c4ccc(Cl)c(C#N)c4CCC3C1CCC2=O. The van der Waals surface area contributed by atoms with E-state index in [1.165, 1.54) is 11.1 Å². The van der Waals surface area contributed by atoms with Gasteiger partial charge in [-0.3, -0.25) is 4.79 Å². The Labute approximate surface area is 136 Å². The largest absolute Gasteiger partial charge is 0.299 e. The fourth-order valence-corrected chi connectivity index (χ4v) is 5.75. The van der Waals surface area contributed by atoms with E-state index >= 15 is 0 Å². The van der Waals surface area contributed by atoms with E-state index in [1.807, 2.05) is 6.07 Å². The minimum atomic E-state index is -0.0802. The van der Waals surface area contributed by atoms with Gasteiger partial charge in [-0.1, -0.05) is 24.6 Å². The minimum Gasteiger partial charge on any atom is -0.299 e. The van der Waals surface area contributed by atoms with E-state index < -0.39 is 0 Å². The van der Waals surface area contributed by atoms with Crippen molar-refractivity contribution >= 4 is 17.4 Å². The molecule has 0 amide bonds. The molecule has 2 nitrogen and oxygen atoms in total. The summed E-state index contributed by atoms with van der Waals surface area (Å²) in [6, 6.07) is 6.31. The van der Waals surface area contributed by atoms with Gasteiger partial charge >= 0.3 is 0 Å². The maximum Gasteiger partial charge on any atom is 0.139 e. The topological polar surface area (TPSA) is 40.9 Å². The van der Waals surface area contributed by atoms with E-state index in [0.717, 1.165) is 38.5 Å². The van der Waals surface area contributed by atoms with Crippen LogP contribution in [-0.4, -0.2) is 5.78 Å². The number of carbonyl (C=O) groups excluding carboxylic acids is 1. The van der Waals surface area contributed by atoms with Crippen LogP contribution in [0.3, 0.4) is 0 Å². The number of rotatable bonds is 0. The number of nitrogens with zero attached hydrogens (tertiary/aromatic N) is 1. The first-order valence-electron chi connectivity index (χ1n) is 8.31. The molecule has 22 heavy (non-hydrogen) atoms. The van der Waals surface area contributed by atoms with Gasteiger partial charge in [0.15, 0.2) is 0 Å². The van der Waals surface area contributed by atoms with E-state index in [9.17, 15) is 10.1 Å². The molecule has 0 N–H and O–H groups in total. The fourth-order valence-electron chi connectivity index (χ4n) is 5.53. The molecular weight excluding hydrogens is 294 g/mol. The van der Waals surface area contributed by atoms with E-state index in [1.54, 1.807) is 0 Å². The Morgan fingerprint density at radius 2 is 2.09 bits per heavy atom. The summed E-state index contributed by atoms with van der Waals surface area (Å²) in [6.07, 6.45) is 5.93. The van der Waals surface area contributed by atoms with Crippen molar-refractivity contribution in [1.29, 1.82) is 5.26 Å². The van der Waals surface area contributed by atoms with Gasteiger partial charge in [-0.15, -0.1) is 0 Å². The van der Waals surface area contributed by atoms with E-state index in [-0.39, 0.29) is 5.41 Å². The van der Waals surface area contributed by atoms with Crippen LogP contribution in [0.25, 0.3) is 0 Å². The second-order valence-electron chi connectivity index (χ2n) is 7.44. The Morgan fingerprint density at radius 1 is 1.27 bits per heavy atom. The second-order valence-corrected chi connectivity index (χ2v) is 7.84. The van der Waals surface area contributed by atoms with Gasteiger partial charge in [-0.2, -0.15) is 5.26 Å². The third-order valence-corrected chi connectivity index (χ3v) is 7.00. The zero-order chi connectivity index (χ0) is 15.5. The summed E-state index contributed by atoms with van der Waals surface area (Å²) in [6.45, 7) is 2.20. The highest BCUT2D eigenvalue weighted by molar-refractivity contribution is 6.31. The van der Waals surface area contributed by atoms with Crippen LogP contribution >= 0.6 is 11.6 Å². The molecule has 0 bridgehead atoms. The number of Topliss-reactive ketones (excluding diaryl/α,β-unsaturated/α-hetero) is 1. The molecule has 0 radical (unpaired) electrons. The van der Waals surface area contributed by atoms with Gasteiger partial charge in [0.05, 0.1) is 10.6 Å². The predicted molar refractivity (Wildman–Crippen MR) is 85.8 cm³/mol. The molecule has 0 spiro atoms. The zero-order valence-electron chi connectivity index (χ0n) is 12.9. The number of fused-ring (bicyclic) bond motifs is 5. The number of carbonyl (C=O) groups is 1. The summed E-state index contributed by atoms with van der Waals surface area (Å²) >= 11 is 6.20. The van der Waals surface area contributed by atoms with Gasteiger partial charge in [-0.05, 0) is 67.1 Å². The van der Waals surface area contributed by atoms with Gasteiger partial charge < -0.3 is 0 Å². The summed E-state index contributed by atoms with van der Waals surface area (Å²) in [5.41, 5.74) is 3.10. The van der Waals surface area contributed by atoms with Gasteiger partial charge in [0, 0.05) is 11.8 Å². The van der Waals surface area contributed by atoms with Crippen molar-refractivity contribution in [3.8, 4) is 6.07 Å². The Morgan fingerprint density at radius 3 is 2.86 bits per heavy atom. The molecule has 2 saturated carbocycles. The lowest BCUT2D eigenvalue weighted by molar-refractivity contribution is -0.129. The van der Waals surface area contributed by atoms with Gasteiger partial charge in [0.1, 0.15) is 11.9 Å². The molecule has 3 heteroatoms. The molecule has 3 unspecified atom stereocenters. The number of benzene rings is 1. The van der Waals surface area contributed by atoms with Crippen LogP contribution in [-0.2, 0) is 11.2 Å². The normalized spacial score (nSPS) is 36.2. The van der Waals surface area contributed by atoms with Crippen LogP contribution in [0.4, 0.5) is 0 Å². The van der Waals surface area contributed by atoms with Gasteiger partial charge in [0.25, 0.3) is 0 Å². The number of ketones is 1. The highest BCUT2D eigenvalue weighted by Gasteiger charge is 2.54. The van der Waals surface area contributed by atoms with Crippen molar-refractivity contribution in [2.75, 3.05) is 0 Å². The third-order valence-electron chi connectivity index (χ3n) is 6.68. The fraction of sp³-hybridized carbons (Fsp3) is 0.579. The molecule has 0 saturated heterocycles. The Bertz CT molecular complexity index is 704. The Balaban J connectivity index is 1.77. The molecule has 2 fully saturated rings. The molecule has 114 valence electrons. The summed E-state index contributed by atoms with van der Waals surface area (Å²) in [5.74, 6) is 2.13. The zero-order valence-corrected chi connectivity index (χ0v) is 13.6. The van der Waals surface area contributed by atoms with Crippen molar-refractivity contribution in [2.24, 2.45) is 17.3 Å². The number of hydrogen-bond acceptors (Lipinski definition) is 2. The molecule has 1 aromatic carbocycles. The first-order valence-corrected chi connectivity index (χ1v) is 8.68. The quantitative estimate of drug-likeness (QED) is 0.700. The highest BCUT2D eigenvalue weighted by atomic mass is 35.5. The predicted octanol–water partition coefficient (Wildman–Crippen LogP) is 4.64. The van der Waals surface area contributed by atoms with E-state index in [0.29, 0.717) is 34.1 Å². The summed E-state index contributed by atoms with van der Waals surface area (Å²) < 4.78 is 0. The monoisotopic (exact) mass is 313 g/mol. The third kappa shape index (κ3) is 1.75. The van der Waals surface area contributed by atoms with Crippen LogP contribution in [0.1, 0.15) is 61.6 Å². The van der Waals surface area contributed by atoms with Crippen LogP contribution in [0, 0.1) is 28.6 Å². The van der Waals surface area contributed by atoms with E-state index in [4.69, 9.17) is 11.6 Å². The van der Waals surface area contributed by atoms with Crippen LogP contribution in [0.5, 0.6) is 0 Å². The second kappa shape index (κ2) is 4.83. The van der Waals surface area contributed by atoms with Crippen molar-refractivity contribution in [1.82, 2.24) is 0 Å². The Hall–Kier alpha value is -1.33. The molecule has 1 aromatic rings. The van der Waals surface area contributed by atoms with E-state index in [2.05, 4.69) is 19.1 Å². The van der Waals surface area contributed by atoms with Crippen molar-refractivity contribution < 1.29 is 4.79 Å². The van der Waals surface area contributed by atoms with Crippen LogP contribution in [0.2, 0.25) is 5.02 Å². The summed E-state index contributed by atoms with van der Waals surface area (Å²) in [4.78, 5) is 12.3. The number of hydrogen-bond donors (Lipinski definition) is 0. The maximum atomic E-state index is 12.3. The lowest BCUT2D eigenvalue weighted by Crippen LogP contribution is -2.42. The maximum absolute atomic E-state index is 12.3. The van der Waals surface area contributed by atoms with Gasteiger partial charge in [0.2, 0.25) is 0 Å². The molecule has 0 aliphatic heterocycles. The van der Waals surface area contributed by atoms with Gasteiger partial charge in [-0.25, -0.2) is 0 Å². The molecule has 4 atom stereocenters. The molecular formula is C19H20ClNO. The average Bonchev–Trinajstić information content (AvgIpc) is 2.82. The first kappa shape index (κ1) is 14.3.